The van der Waals surface area contributed by atoms with Gasteiger partial charge in [-0.3, -0.25) is 0 Å². The zero-order valence-corrected chi connectivity index (χ0v) is 12.9. The highest BCUT2D eigenvalue weighted by molar-refractivity contribution is 7.87. The van der Waals surface area contributed by atoms with E-state index in [-0.39, 0.29) is 13.1 Å². The van der Waals surface area contributed by atoms with Gasteiger partial charge in [-0.1, -0.05) is 6.42 Å². The number of rotatable bonds is 4. The number of carbonyl (C=O) groups excluding carboxylic acids is 1. The lowest BCUT2D eigenvalue weighted by molar-refractivity contribution is 0.0726. The molecule has 21 heavy (non-hydrogen) atoms. The second-order valence-electron chi connectivity index (χ2n) is 6.26. The number of nitrogens with one attached hydrogen (secondary N) is 2. The molecule has 2 amide bonds. The fraction of sp³-hybridized carbons (Fsp3) is 0.923. The van der Waals surface area contributed by atoms with Gasteiger partial charge in [0, 0.05) is 19.6 Å². The van der Waals surface area contributed by atoms with Gasteiger partial charge >= 0.3 is 16.2 Å². The Morgan fingerprint density at radius 2 is 1.95 bits per heavy atom. The summed E-state index contributed by atoms with van der Waals surface area (Å²) in [6.07, 6.45) is 5.02. The second kappa shape index (κ2) is 6.10. The smallest absolute Gasteiger partial charge is 0.329 e. The fourth-order valence-electron chi connectivity index (χ4n) is 3.85. The van der Waals surface area contributed by atoms with Gasteiger partial charge in [-0.2, -0.15) is 12.7 Å². The van der Waals surface area contributed by atoms with Crippen LogP contribution in [0.3, 0.4) is 0 Å². The molecule has 8 heteroatoms. The minimum absolute atomic E-state index is 0.287. The molecule has 120 valence electrons. The molecule has 3 fully saturated rings. The van der Waals surface area contributed by atoms with E-state index in [0.717, 1.165) is 5.92 Å². The fourth-order valence-corrected chi connectivity index (χ4v) is 4.92. The lowest BCUT2D eigenvalue weighted by Crippen LogP contribution is -2.51. The van der Waals surface area contributed by atoms with Gasteiger partial charge in [0.05, 0.1) is 13.2 Å². The van der Waals surface area contributed by atoms with Gasteiger partial charge in [0.15, 0.2) is 0 Å². The Kier molecular flexibility index (Phi) is 4.37. The molecule has 3 rings (SSSR count). The van der Waals surface area contributed by atoms with E-state index in [1.807, 2.05) is 0 Å². The van der Waals surface area contributed by atoms with Crippen LogP contribution in [-0.2, 0) is 14.9 Å². The number of urea groups is 1. The van der Waals surface area contributed by atoms with Gasteiger partial charge in [-0.15, -0.1) is 0 Å². The molecular weight excluding hydrogens is 294 g/mol. The van der Waals surface area contributed by atoms with Crippen molar-refractivity contribution in [3.05, 3.63) is 0 Å². The van der Waals surface area contributed by atoms with Crippen LogP contribution in [0, 0.1) is 17.8 Å². The summed E-state index contributed by atoms with van der Waals surface area (Å²) in [6.45, 7) is 1.89. The van der Waals surface area contributed by atoms with Crippen molar-refractivity contribution < 1.29 is 17.9 Å². The number of amides is 2. The van der Waals surface area contributed by atoms with Crippen molar-refractivity contribution in [2.75, 3.05) is 32.8 Å². The lowest BCUT2D eigenvalue weighted by atomic mass is 9.89. The molecule has 7 nitrogen and oxygen atoms in total. The summed E-state index contributed by atoms with van der Waals surface area (Å²) < 4.78 is 32.5. The first-order chi connectivity index (χ1) is 10.0. The Morgan fingerprint density at radius 1 is 1.19 bits per heavy atom. The van der Waals surface area contributed by atoms with Crippen molar-refractivity contribution >= 4 is 16.2 Å². The zero-order valence-electron chi connectivity index (χ0n) is 12.1. The van der Waals surface area contributed by atoms with E-state index in [9.17, 15) is 13.2 Å². The van der Waals surface area contributed by atoms with Crippen molar-refractivity contribution in [1.82, 2.24) is 14.3 Å². The van der Waals surface area contributed by atoms with Crippen LogP contribution in [0.25, 0.3) is 0 Å². The van der Waals surface area contributed by atoms with E-state index in [1.165, 1.54) is 30.0 Å². The van der Waals surface area contributed by atoms with Gasteiger partial charge in [0.2, 0.25) is 0 Å². The van der Waals surface area contributed by atoms with Crippen LogP contribution in [0.1, 0.15) is 25.7 Å². The molecule has 0 aromatic carbocycles. The van der Waals surface area contributed by atoms with Crippen molar-refractivity contribution in [2.45, 2.75) is 25.7 Å². The molecular formula is C13H23N3O4S. The minimum Gasteiger partial charge on any atom is -0.379 e. The van der Waals surface area contributed by atoms with E-state index in [1.54, 1.807) is 0 Å². The zero-order chi connectivity index (χ0) is 14.9. The average Bonchev–Trinajstić information content (AvgIpc) is 3.08. The monoisotopic (exact) mass is 317 g/mol. The molecule has 2 aliphatic carbocycles. The lowest BCUT2D eigenvalue weighted by Gasteiger charge is -2.26. The summed E-state index contributed by atoms with van der Waals surface area (Å²) in [6, 6.07) is -0.621. The van der Waals surface area contributed by atoms with Gasteiger partial charge < -0.3 is 10.1 Å². The molecule has 1 saturated heterocycles. The standard InChI is InChI=1S/C13H23N3O4S/c17-13(14-9-12-8-10-1-2-11(12)7-10)15-21(18,19)16-3-5-20-6-4-16/h10-12H,1-9H2,(H2,14,15,17). The predicted molar refractivity (Wildman–Crippen MR) is 76.8 cm³/mol. The van der Waals surface area contributed by atoms with Crippen LogP contribution >= 0.6 is 0 Å². The maximum Gasteiger partial charge on any atom is 0.329 e. The van der Waals surface area contributed by atoms with Crippen molar-refractivity contribution in [2.24, 2.45) is 17.8 Å². The highest BCUT2D eigenvalue weighted by atomic mass is 32.2. The molecule has 2 bridgehead atoms. The molecule has 0 aromatic rings. The quantitative estimate of drug-likeness (QED) is 0.780. The molecule has 1 heterocycles. The Bertz CT molecular complexity index is 490. The molecule has 3 aliphatic rings. The summed E-state index contributed by atoms with van der Waals surface area (Å²) >= 11 is 0. The normalized spacial score (nSPS) is 33.0. The van der Waals surface area contributed by atoms with E-state index >= 15 is 0 Å². The Labute approximate surface area is 125 Å². The number of hydrogen-bond donors (Lipinski definition) is 2. The third-order valence-corrected chi connectivity index (χ3v) is 6.43. The molecule has 0 radical (unpaired) electrons. The summed E-state index contributed by atoms with van der Waals surface area (Å²) in [5, 5.41) is 2.72. The topological polar surface area (TPSA) is 87.7 Å². The largest absolute Gasteiger partial charge is 0.379 e. The molecule has 0 spiro atoms. The summed E-state index contributed by atoms with van der Waals surface area (Å²) in [4.78, 5) is 11.8. The van der Waals surface area contributed by atoms with Gasteiger partial charge in [-0.25, -0.2) is 9.52 Å². The molecule has 2 saturated carbocycles. The van der Waals surface area contributed by atoms with E-state index in [0.29, 0.717) is 31.6 Å². The van der Waals surface area contributed by atoms with Crippen LogP contribution < -0.4 is 10.0 Å². The Morgan fingerprint density at radius 3 is 2.57 bits per heavy atom. The Balaban J connectivity index is 1.45. The first-order valence-electron chi connectivity index (χ1n) is 7.68. The number of fused-ring (bicyclic) bond motifs is 2. The second-order valence-corrected chi connectivity index (χ2v) is 7.93. The SMILES string of the molecule is O=C(NCC1CC2CCC1C2)NS(=O)(=O)N1CCOCC1. The highest BCUT2D eigenvalue weighted by Gasteiger charge is 2.39. The van der Waals surface area contributed by atoms with E-state index in [4.69, 9.17) is 4.74 Å². The Hall–Kier alpha value is -0.860. The van der Waals surface area contributed by atoms with E-state index < -0.39 is 16.2 Å². The highest BCUT2D eigenvalue weighted by Crippen LogP contribution is 2.47. The molecule has 1 aliphatic heterocycles. The summed E-state index contributed by atoms with van der Waals surface area (Å²) in [5.74, 6) is 2.05. The van der Waals surface area contributed by atoms with Gasteiger partial charge in [0.25, 0.3) is 0 Å². The number of ether oxygens (including phenoxy) is 1. The van der Waals surface area contributed by atoms with Crippen LogP contribution in [0.4, 0.5) is 4.79 Å². The maximum atomic E-state index is 12.0. The first kappa shape index (κ1) is 15.1. The van der Waals surface area contributed by atoms with Crippen LogP contribution in [0.5, 0.6) is 0 Å². The first-order valence-corrected chi connectivity index (χ1v) is 9.12. The molecule has 3 atom stereocenters. The number of hydrogen-bond acceptors (Lipinski definition) is 4. The number of morpholine rings is 1. The summed E-state index contributed by atoms with van der Waals surface area (Å²) in [7, 11) is -3.75. The molecule has 2 N–H and O–H groups in total. The van der Waals surface area contributed by atoms with E-state index in [2.05, 4.69) is 10.0 Å². The summed E-state index contributed by atoms with van der Waals surface area (Å²) in [5.41, 5.74) is 0. The number of carbonyl (C=O) groups is 1. The van der Waals surface area contributed by atoms with Crippen LogP contribution in [-0.4, -0.2) is 51.6 Å². The maximum absolute atomic E-state index is 12.0. The average molecular weight is 317 g/mol. The third kappa shape index (κ3) is 3.49. The number of nitrogens with zero attached hydrogens (tertiary/aromatic N) is 1. The van der Waals surface area contributed by atoms with Gasteiger partial charge in [0.1, 0.15) is 0 Å². The van der Waals surface area contributed by atoms with Crippen molar-refractivity contribution in [3.63, 3.8) is 0 Å². The predicted octanol–water partition coefficient (Wildman–Crippen LogP) is 0.299. The molecule has 3 unspecified atom stereocenters. The minimum atomic E-state index is -3.75. The van der Waals surface area contributed by atoms with Gasteiger partial charge in [-0.05, 0) is 37.0 Å². The van der Waals surface area contributed by atoms with Crippen LogP contribution in [0.2, 0.25) is 0 Å². The molecule has 0 aromatic heterocycles. The third-order valence-electron chi connectivity index (χ3n) is 4.94. The van der Waals surface area contributed by atoms with Crippen molar-refractivity contribution in [1.29, 1.82) is 0 Å². The van der Waals surface area contributed by atoms with Crippen molar-refractivity contribution in [3.8, 4) is 0 Å². The van der Waals surface area contributed by atoms with Crippen LogP contribution in [0.15, 0.2) is 0 Å².